The lowest BCUT2D eigenvalue weighted by Crippen LogP contribution is -2.07. The van der Waals surface area contributed by atoms with Crippen molar-refractivity contribution >= 4 is 61.7 Å². The van der Waals surface area contributed by atoms with Gasteiger partial charge in [0.05, 0.1) is 17.6 Å². The number of fused-ring (bicyclic) bond motifs is 6. The molecule has 0 aliphatic rings. The Bertz CT molecular complexity index is 2810. The summed E-state index contributed by atoms with van der Waals surface area (Å²) in [5, 5.41) is 7.19. The Balaban J connectivity index is 1.19. The highest BCUT2D eigenvalue weighted by atomic mass is 15.0. The molecule has 8 aromatic carbocycles. The van der Waals surface area contributed by atoms with Gasteiger partial charge in [0.2, 0.25) is 0 Å². The Labute approximate surface area is 302 Å². The van der Waals surface area contributed by atoms with E-state index in [0.29, 0.717) is 18.2 Å². The molecule has 0 fully saturated rings. The van der Waals surface area contributed by atoms with Gasteiger partial charge < -0.3 is 4.57 Å². The van der Waals surface area contributed by atoms with Gasteiger partial charge in [-0.25, -0.2) is 9.98 Å². The zero-order valence-electron chi connectivity index (χ0n) is 28.5. The lowest BCUT2D eigenvalue weighted by Gasteiger charge is -2.15. The van der Waals surface area contributed by atoms with Crippen LogP contribution in [0.2, 0.25) is 0 Å². The smallest absolute Gasteiger partial charge is 0.162 e. The lowest BCUT2D eigenvalue weighted by molar-refractivity contribution is 1.06. The maximum Gasteiger partial charge on any atom is 0.162 e. The van der Waals surface area contributed by atoms with Crippen LogP contribution in [-0.2, 0) is 6.54 Å². The van der Waals surface area contributed by atoms with Crippen LogP contribution >= 0.6 is 0 Å². The summed E-state index contributed by atoms with van der Waals surface area (Å²) in [4.78, 5) is 14.8. The minimum Gasteiger partial charge on any atom is -0.309 e. The van der Waals surface area contributed by atoms with E-state index < -0.39 is 0 Å². The van der Waals surface area contributed by atoms with E-state index in [1.807, 2.05) is 48.5 Å². The highest BCUT2D eigenvalue weighted by Crippen LogP contribution is 2.38. The summed E-state index contributed by atoms with van der Waals surface area (Å²) in [7, 11) is 0. The first-order valence-corrected chi connectivity index (χ1v) is 17.5. The van der Waals surface area contributed by atoms with Gasteiger partial charge in [0.25, 0.3) is 0 Å². The molecule has 52 heavy (non-hydrogen) atoms. The Morgan fingerprint density at radius 2 is 1.12 bits per heavy atom. The summed E-state index contributed by atoms with van der Waals surface area (Å²) in [6.45, 7) is 4.53. The first-order chi connectivity index (χ1) is 25.8. The summed E-state index contributed by atoms with van der Waals surface area (Å²) < 4.78 is 2.37. The fraction of sp³-hybridized carbons (Fsp3) is 0.0208. The molecule has 246 valence electrons. The lowest BCUT2D eigenvalue weighted by atomic mass is 9.93. The molecular formula is C48H34N4. The van der Waals surface area contributed by atoms with Gasteiger partial charge in [0.15, 0.2) is 11.7 Å². The van der Waals surface area contributed by atoms with Gasteiger partial charge >= 0.3 is 0 Å². The monoisotopic (exact) mass is 666 g/mol. The molecule has 0 saturated carbocycles. The molecule has 0 bridgehead atoms. The number of rotatable bonds is 6. The fourth-order valence-corrected chi connectivity index (χ4v) is 7.36. The van der Waals surface area contributed by atoms with Gasteiger partial charge in [0, 0.05) is 27.6 Å². The van der Waals surface area contributed by atoms with Crippen LogP contribution in [0.15, 0.2) is 197 Å². The summed E-state index contributed by atoms with van der Waals surface area (Å²) in [6.07, 6.45) is 0. The van der Waals surface area contributed by atoms with E-state index in [4.69, 9.17) is 9.98 Å². The van der Waals surface area contributed by atoms with E-state index >= 15 is 0 Å². The highest BCUT2D eigenvalue weighted by Gasteiger charge is 2.18. The van der Waals surface area contributed by atoms with Crippen LogP contribution in [0, 0.1) is 0 Å². The first kappa shape index (κ1) is 31.1. The van der Waals surface area contributed by atoms with Crippen molar-refractivity contribution in [3.8, 4) is 16.8 Å². The molecule has 9 aromatic rings. The van der Waals surface area contributed by atoms with Gasteiger partial charge in [-0.1, -0.05) is 158 Å². The summed E-state index contributed by atoms with van der Waals surface area (Å²) in [5.74, 6) is 1.14. The zero-order chi connectivity index (χ0) is 34.9. The highest BCUT2D eigenvalue weighted by molar-refractivity contribution is 6.22. The molecule has 0 unspecified atom stereocenters. The third-order valence-electron chi connectivity index (χ3n) is 9.80. The van der Waals surface area contributed by atoms with Crippen molar-refractivity contribution in [2.45, 2.75) is 6.54 Å². The molecule has 1 heterocycles. The van der Waals surface area contributed by atoms with Gasteiger partial charge in [0.1, 0.15) is 0 Å². The van der Waals surface area contributed by atoms with Crippen molar-refractivity contribution in [2.24, 2.45) is 15.0 Å². The van der Waals surface area contributed by atoms with Gasteiger partial charge in [-0.3, -0.25) is 4.99 Å². The Hall–Kier alpha value is -6.91. The maximum atomic E-state index is 5.17. The molecular weight excluding hydrogens is 633 g/mol. The molecule has 0 atom stereocenters. The second-order valence-corrected chi connectivity index (χ2v) is 12.9. The van der Waals surface area contributed by atoms with Gasteiger partial charge in [-0.2, -0.15) is 0 Å². The number of para-hydroxylation sites is 1. The molecule has 1 aromatic heterocycles. The molecule has 0 amide bonds. The predicted octanol–water partition coefficient (Wildman–Crippen LogP) is 11.9. The maximum absolute atomic E-state index is 5.17. The molecule has 4 heteroatoms. The van der Waals surface area contributed by atoms with E-state index in [0.717, 1.165) is 44.3 Å². The van der Waals surface area contributed by atoms with Crippen LogP contribution < -0.4 is 0 Å². The van der Waals surface area contributed by atoms with E-state index in [9.17, 15) is 0 Å². The first-order valence-electron chi connectivity index (χ1n) is 17.5. The van der Waals surface area contributed by atoms with Crippen LogP contribution in [0.25, 0.3) is 60.2 Å². The number of hydrogen-bond acceptors (Lipinski definition) is 1. The standard InChI is InChI=1S/C48H34N4/c1-49-48(51-47(37-18-6-3-7-19-37)50-32-33-14-4-2-5-15-33)46-40-21-11-9-16-34(40)26-30-41(46)36-24-28-38(29-25-36)52-43-23-13-12-22-42(43)45-39-20-10-8-17-35(39)27-31-44(45)52/h2-31H,1,32H2/b50-47-,51-48-. The minimum absolute atomic E-state index is 0.501. The summed E-state index contributed by atoms with van der Waals surface area (Å²) in [5.41, 5.74) is 8.52. The minimum atomic E-state index is 0.501. The second-order valence-electron chi connectivity index (χ2n) is 12.9. The largest absolute Gasteiger partial charge is 0.309 e. The third kappa shape index (κ3) is 5.57. The van der Waals surface area contributed by atoms with Crippen LogP contribution in [-0.4, -0.2) is 23.0 Å². The average molecular weight is 667 g/mol. The number of hydrogen-bond donors (Lipinski definition) is 0. The van der Waals surface area contributed by atoms with Crippen molar-refractivity contribution in [1.29, 1.82) is 0 Å². The van der Waals surface area contributed by atoms with E-state index in [1.54, 1.807) is 0 Å². The predicted molar refractivity (Wildman–Crippen MR) is 220 cm³/mol. The quantitative estimate of drug-likeness (QED) is 0.125. The summed E-state index contributed by atoms with van der Waals surface area (Å²) in [6, 6.07) is 63.7. The zero-order valence-corrected chi connectivity index (χ0v) is 28.5. The number of aliphatic imine (C=N–C) groups is 3. The fourth-order valence-electron chi connectivity index (χ4n) is 7.36. The topological polar surface area (TPSA) is 42.0 Å². The van der Waals surface area contributed by atoms with E-state index in [2.05, 4.69) is 150 Å². The normalized spacial score (nSPS) is 12.2. The molecule has 9 rings (SSSR count). The molecule has 0 spiro atoms. The van der Waals surface area contributed by atoms with Gasteiger partial charge in [-0.05, 0) is 69.2 Å². The molecule has 0 N–H and O–H groups in total. The SMILES string of the molecule is C=N/C(=N\C(=N/Cc1ccccc1)c1ccccc1)c1c(-c2ccc(-n3c4ccccc4c4c5ccccc5ccc43)cc2)ccc2ccccc12. The van der Waals surface area contributed by atoms with Gasteiger partial charge in [-0.15, -0.1) is 0 Å². The van der Waals surface area contributed by atoms with Crippen molar-refractivity contribution in [1.82, 2.24) is 4.57 Å². The average Bonchev–Trinajstić information content (AvgIpc) is 3.56. The molecule has 0 aliphatic heterocycles. The van der Waals surface area contributed by atoms with Crippen molar-refractivity contribution in [3.05, 3.63) is 199 Å². The number of nitrogens with zero attached hydrogens (tertiary/aromatic N) is 4. The van der Waals surface area contributed by atoms with Crippen molar-refractivity contribution in [2.75, 3.05) is 0 Å². The third-order valence-corrected chi connectivity index (χ3v) is 9.80. The number of aromatic nitrogens is 1. The summed E-state index contributed by atoms with van der Waals surface area (Å²) >= 11 is 0. The number of amidine groups is 2. The van der Waals surface area contributed by atoms with E-state index in [-0.39, 0.29) is 0 Å². The van der Waals surface area contributed by atoms with Crippen LogP contribution in [0.3, 0.4) is 0 Å². The molecule has 4 nitrogen and oxygen atoms in total. The molecule has 0 radical (unpaired) electrons. The molecule has 0 saturated heterocycles. The van der Waals surface area contributed by atoms with Crippen molar-refractivity contribution < 1.29 is 0 Å². The van der Waals surface area contributed by atoms with Crippen LogP contribution in [0.4, 0.5) is 0 Å². The Kier molecular flexibility index (Phi) is 8.03. The molecule has 0 aliphatic carbocycles. The second kappa shape index (κ2) is 13.4. The van der Waals surface area contributed by atoms with Crippen molar-refractivity contribution in [3.63, 3.8) is 0 Å². The van der Waals surface area contributed by atoms with Crippen LogP contribution in [0.1, 0.15) is 16.7 Å². The van der Waals surface area contributed by atoms with E-state index in [1.165, 1.54) is 32.6 Å². The number of benzene rings is 8. The Morgan fingerprint density at radius 3 is 1.87 bits per heavy atom. The Morgan fingerprint density at radius 1 is 0.500 bits per heavy atom. The van der Waals surface area contributed by atoms with Crippen LogP contribution in [0.5, 0.6) is 0 Å².